The van der Waals surface area contributed by atoms with Gasteiger partial charge >= 0.3 is 6.18 Å². The van der Waals surface area contributed by atoms with E-state index in [9.17, 15) is 31.2 Å². The summed E-state index contributed by atoms with van der Waals surface area (Å²) in [6, 6.07) is 11.7. The molecule has 31 heavy (non-hydrogen) atoms. The number of benzene rings is 2. The molecule has 2 aromatic carbocycles. The largest absolute Gasteiger partial charge is 0.416 e. The van der Waals surface area contributed by atoms with Crippen LogP contribution in [0.3, 0.4) is 0 Å². The first-order chi connectivity index (χ1) is 14.5. The highest BCUT2D eigenvalue weighted by molar-refractivity contribution is 7.92. The van der Waals surface area contributed by atoms with E-state index in [2.05, 4.69) is 15.0 Å². The first-order valence-corrected chi connectivity index (χ1v) is 10.3. The number of hydrogen-bond acceptors (Lipinski definition) is 4. The highest BCUT2D eigenvalue weighted by Crippen LogP contribution is 2.31. The van der Waals surface area contributed by atoms with Gasteiger partial charge in [0.05, 0.1) is 10.5 Å². The molecule has 0 atom stereocenters. The van der Waals surface area contributed by atoms with E-state index in [1.54, 1.807) is 6.92 Å². The Balaban J connectivity index is 1.83. The predicted octanol–water partition coefficient (Wildman–Crippen LogP) is 3.76. The van der Waals surface area contributed by atoms with Crippen molar-refractivity contribution in [3.63, 3.8) is 0 Å². The molecule has 3 rings (SSSR count). The molecule has 0 saturated carbocycles. The molecule has 0 unspecified atom stereocenters. The van der Waals surface area contributed by atoms with Gasteiger partial charge in [0.25, 0.3) is 21.5 Å². The van der Waals surface area contributed by atoms with Crippen LogP contribution in [0.15, 0.2) is 70.4 Å². The molecule has 7 nitrogen and oxygen atoms in total. The first-order valence-electron chi connectivity index (χ1n) is 8.77. The van der Waals surface area contributed by atoms with Crippen molar-refractivity contribution in [1.29, 1.82) is 0 Å². The number of alkyl halides is 3. The van der Waals surface area contributed by atoms with Crippen LogP contribution in [0.4, 0.5) is 24.5 Å². The lowest BCUT2D eigenvalue weighted by Crippen LogP contribution is -2.23. The number of anilines is 2. The number of H-pyrrole nitrogens is 1. The highest BCUT2D eigenvalue weighted by Gasteiger charge is 2.30. The normalized spacial score (nSPS) is 11.7. The summed E-state index contributed by atoms with van der Waals surface area (Å²) >= 11 is 0. The van der Waals surface area contributed by atoms with Crippen LogP contribution in [0, 0.1) is 6.92 Å². The summed E-state index contributed by atoms with van der Waals surface area (Å²) in [6.45, 7) is 1.65. The fraction of sp³-hybridized carbons (Fsp3) is 0.100. The Bertz CT molecular complexity index is 1300. The summed E-state index contributed by atoms with van der Waals surface area (Å²) < 4.78 is 65.8. The topological polar surface area (TPSA) is 108 Å². The van der Waals surface area contributed by atoms with Crippen LogP contribution in [0.5, 0.6) is 0 Å². The van der Waals surface area contributed by atoms with Crippen LogP contribution in [-0.2, 0) is 16.2 Å². The van der Waals surface area contributed by atoms with Gasteiger partial charge in [0.2, 0.25) is 0 Å². The number of aromatic amines is 1. The maximum Gasteiger partial charge on any atom is 0.416 e. The molecule has 0 bridgehead atoms. The van der Waals surface area contributed by atoms with Crippen molar-refractivity contribution in [2.75, 3.05) is 10.0 Å². The Hall–Kier alpha value is -3.60. The van der Waals surface area contributed by atoms with E-state index in [1.807, 2.05) is 0 Å². The molecule has 0 aliphatic heterocycles. The van der Waals surface area contributed by atoms with E-state index in [0.29, 0.717) is 11.8 Å². The minimum absolute atomic E-state index is 0.0805. The van der Waals surface area contributed by atoms with Crippen LogP contribution in [0.2, 0.25) is 0 Å². The Morgan fingerprint density at radius 2 is 1.65 bits per heavy atom. The molecule has 3 N–H and O–H groups in total. The smallest absolute Gasteiger partial charge is 0.326 e. The fourth-order valence-corrected chi connectivity index (χ4v) is 3.76. The molecule has 0 aliphatic rings. The van der Waals surface area contributed by atoms with Gasteiger partial charge in [-0.05, 0) is 55.5 Å². The van der Waals surface area contributed by atoms with Crippen LogP contribution < -0.4 is 15.6 Å². The van der Waals surface area contributed by atoms with Gasteiger partial charge in [0.15, 0.2) is 0 Å². The molecular formula is C20H16F3N3O4S. The number of hydrogen-bond donors (Lipinski definition) is 3. The van der Waals surface area contributed by atoms with Crippen molar-refractivity contribution in [3.05, 3.63) is 87.8 Å². The Morgan fingerprint density at radius 3 is 2.32 bits per heavy atom. The first kappa shape index (κ1) is 22.1. The summed E-state index contributed by atoms with van der Waals surface area (Å²) in [7, 11) is -4.25. The number of amides is 1. The van der Waals surface area contributed by atoms with E-state index in [-0.39, 0.29) is 21.8 Å². The third-order valence-corrected chi connectivity index (χ3v) is 5.52. The maximum atomic E-state index is 12.8. The van der Waals surface area contributed by atoms with Gasteiger partial charge in [-0.1, -0.05) is 12.1 Å². The lowest BCUT2D eigenvalue weighted by atomic mass is 10.2. The summed E-state index contributed by atoms with van der Waals surface area (Å²) in [4.78, 5) is 26.4. The summed E-state index contributed by atoms with van der Waals surface area (Å²) in [5.41, 5.74) is -1.40. The molecule has 0 spiro atoms. The number of halogens is 3. The number of rotatable bonds is 5. The third kappa shape index (κ3) is 5.31. The number of pyridine rings is 1. The molecule has 0 aliphatic carbocycles. The number of carbonyl (C=O) groups is 1. The van der Waals surface area contributed by atoms with Gasteiger partial charge in [0, 0.05) is 17.1 Å². The lowest BCUT2D eigenvalue weighted by molar-refractivity contribution is -0.137. The second-order valence-electron chi connectivity index (χ2n) is 6.55. The van der Waals surface area contributed by atoms with E-state index in [1.165, 1.54) is 36.4 Å². The monoisotopic (exact) mass is 451 g/mol. The lowest BCUT2D eigenvalue weighted by Gasteiger charge is -2.12. The molecule has 0 saturated heterocycles. The number of sulfonamides is 1. The second-order valence-corrected chi connectivity index (χ2v) is 8.23. The van der Waals surface area contributed by atoms with Crippen LogP contribution in [0.25, 0.3) is 0 Å². The molecule has 1 amide bonds. The SMILES string of the molecule is Cc1ccc(C(=O)Nc2cccc(S(=O)(=O)Nc3cccc(C(F)(F)F)c3)c2)c(=O)[nH]1. The number of aromatic nitrogens is 1. The second kappa shape index (κ2) is 8.26. The standard InChI is InChI=1S/C20H16F3N3O4S/c1-12-8-9-17(18(27)24-12)19(28)25-14-5-3-7-16(11-14)31(29,30)26-15-6-2-4-13(10-15)20(21,22)23/h2-11,26H,1H3,(H,24,27)(H,25,28). The van der Waals surface area contributed by atoms with E-state index < -0.39 is 33.2 Å². The average Bonchev–Trinajstić information content (AvgIpc) is 2.67. The number of nitrogens with one attached hydrogen (secondary N) is 3. The zero-order valence-electron chi connectivity index (χ0n) is 15.9. The maximum absolute atomic E-state index is 12.8. The quantitative estimate of drug-likeness (QED) is 0.549. The molecule has 0 radical (unpaired) electrons. The Labute approximate surface area is 175 Å². The Morgan fingerprint density at radius 1 is 0.968 bits per heavy atom. The summed E-state index contributed by atoms with van der Waals surface area (Å²) in [5, 5.41) is 2.42. The minimum atomic E-state index is -4.63. The zero-order valence-corrected chi connectivity index (χ0v) is 16.8. The molecular weight excluding hydrogens is 435 g/mol. The molecule has 1 aromatic heterocycles. The summed E-state index contributed by atoms with van der Waals surface area (Å²) in [6.07, 6.45) is -4.63. The van der Waals surface area contributed by atoms with Gasteiger partial charge in [-0.15, -0.1) is 0 Å². The van der Waals surface area contributed by atoms with Gasteiger partial charge in [-0.3, -0.25) is 14.3 Å². The zero-order chi connectivity index (χ0) is 22.8. The van der Waals surface area contributed by atoms with Crippen molar-refractivity contribution in [2.45, 2.75) is 18.0 Å². The van der Waals surface area contributed by atoms with Crippen molar-refractivity contribution < 1.29 is 26.4 Å². The van der Waals surface area contributed by atoms with E-state index >= 15 is 0 Å². The van der Waals surface area contributed by atoms with Crippen molar-refractivity contribution >= 4 is 27.3 Å². The van der Waals surface area contributed by atoms with Crippen LogP contribution in [0.1, 0.15) is 21.6 Å². The number of carbonyl (C=O) groups excluding carboxylic acids is 1. The van der Waals surface area contributed by atoms with Crippen LogP contribution >= 0.6 is 0 Å². The van der Waals surface area contributed by atoms with Crippen molar-refractivity contribution in [3.8, 4) is 0 Å². The third-order valence-electron chi connectivity index (χ3n) is 4.14. The van der Waals surface area contributed by atoms with Gasteiger partial charge in [0.1, 0.15) is 5.56 Å². The van der Waals surface area contributed by atoms with Gasteiger partial charge in [-0.2, -0.15) is 13.2 Å². The van der Waals surface area contributed by atoms with E-state index in [4.69, 9.17) is 0 Å². The van der Waals surface area contributed by atoms with Gasteiger partial charge < -0.3 is 10.3 Å². The average molecular weight is 451 g/mol. The molecule has 162 valence electrons. The van der Waals surface area contributed by atoms with E-state index in [0.717, 1.165) is 18.2 Å². The highest BCUT2D eigenvalue weighted by atomic mass is 32.2. The van der Waals surface area contributed by atoms with Crippen molar-refractivity contribution in [2.24, 2.45) is 0 Å². The van der Waals surface area contributed by atoms with Crippen LogP contribution in [-0.4, -0.2) is 19.3 Å². The number of aryl methyl sites for hydroxylation is 1. The summed E-state index contributed by atoms with van der Waals surface area (Å²) in [5.74, 6) is -0.748. The molecule has 11 heteroatoms. The van der Waals surface area contributed by atoms with Crippen molar-refractivity contribution in [1.82, 2.24) is 4.98 Å². The fourth-order valence-electron chi connectivity index (χ4n) is 2.66. The molecule has 3 aromatic rings. The predicted molar refractivity (Wildman–Crippen MR) is 108 cm³/mol. The molecule has 0 fully saturated rings. The minimum Gasteiger partial charge on any atom is -0.326 e. The Kier molecular flexibility index (Phi) is 5.89. The van der Waals surface area contributed by atoms with Gasteiger partial charge in [-0.25, -0.2) is 8.42 Å². The molecule has 1 heterocycles.